The number of anilines is 1. The highest BCUT2D eigenvalue weighted by molar-refractivity contribution is 6.08. The number of fused-ring (bicyclic) bond motifs is 1. The molecule has 0 atom stereocenters. The van der Waals surface area contributed by atoms with Gasteiger partial charge in [-0.15, -0.1) is 0 Å². The van der Waals surface area contributed by atoms with E-state index in [9.17, 15) is 9.18 Å². The van der Waals surface area contributed by atoms with E-state index in [2.05, 4.69) is 10.3 Å². The van der Waals surface area contributed by atoms with Crippen LogP contribution in [-0.2, 0) is 0 Å². The van der Waals surface area contributed by atoms with Crippen molar-refractivity contribution in [2.45, 2.75) is 26.3 Å². The molecular weight excluding hydrogens is 245 g/mol. The fraction of sp³-hybridized carbons (Fsp3) is 0.286. The van der Waals surface area contributed by atoms with Crippen molar-refractivity contribution in [3.63, 3.8) is 0 Å². The first-order valence-electron chi connectivity index (χ1n) is 5.95. The molecule has 0 aliphatic carbocycles. The van der Waals surface area contributed by atoms with Crippen LogP contribution in [0.4, 0.5) is 10.1 Å². The first kappa shape index (κ1) is 13.3. The average Bonchev–Trinajstić information content (AvgIpc) is 2.31. The molecule has 1 amide bonds. The summed E-state index contributed by atoms with van der Waals surface area (Å²) >= 11 is 0. The van der Waals surface area contributed by atoms with Gasteiger partial charge in [0.05, 0.1) is 5.39 Å². The molecule has 0 aliphatic heterocycles. The third kappa shape index (κ3) is 2.65. The lowest BCUT2D eigenvalue weighted by Gasteiger charge is -2.20. The van der Waals surface area contributed by atoms with Gasteiger partial charge in [0.2, 0.25) is 0 Å². The van der Waals surface area contributed by atoms with Crippen molar-refractivity contribution in [3.05, 3.63) is 35.9 Å². The molecular formula is C14H16FN3O. The summed E-state index contributed by atoms with van der Waals surface area (Å²) in [7, 11) is 0. The van der Waals surface area contributed by atoms with E-state index in [-0.39, 0.29) is 11.1 Å². The van der Waals surface area contributed by atoms with Crippen LogP contribution in [0, 0.1) is 5.82 Å². The average molecular weight is 261 g/mol. The number of nitrogens with zero attached hydrogens (tertiary/aromatic N) is 1. The number of rotatable bonds is 1. The van der Waals surface area contributed by atoms with E-state index >= 15 is 0 Å². The molecule has 0 aliphatic rings. The van der Waals surface area contributed by atoms with Crippen molar-refractivity contribution in [3.8, 4) is 0 Å². The second-order valence-corrected chi connectivity index (χ2v) is 5.42. The maximum Gasteiger partial charge on any atom is 0.271 e. The van der Waals surface area contributed by atoms with Gasteiger partial charge in [0.1, 0.15) is 11.5 Å². The third-order valence-electron chi connectivity index (χ3n) is 2.61. The van der Waals surface area contributed by atoms with Crippen LogP contribution in [0.3, 0.4) is 0 Å². The molecule has 0 spiro atoms. The van der Waals surface area contributed by atoms with Crippen LogP contribution in [0.15, 0.2) is 24.4 Å². The van der Waals surface area contributed by atoms with Crippen LogP contribution in [0.2, 0.25) is 0 Å². The Morgan fingerprint density at radius 3 is 2.63 bits per heavy atom. The zero-order valence-corrected chi connectivity index (χ0v) is 11.1. The van der Waals surface area contributed by atoms with Gasteiger partial charge in [0, 0.05) is 22.8 Å². The van der Waals surface area contributed by atoms with Gasteiger partial charge in [-0.05, 0) is 39.0 Å². The Morgan fingerprint density at radius 2 is 2.00 bits per heavy atom. The molecule has 1 heterocycles. The lowest BCUT2D eigenvalue weighted by Crippen LogP contribution is -2.41. The van der Waals surface area contributed by atoms with E-state index in [0.29, 0.717) is 11.1 Å². The summed E-state index contributed by atoms with van der Waals surface area (Å²) in [6.45, 7) is 5.54. The highest BCUT2D eigenvalue weighted by atomic mass is 19.1. The Bertz CT molecular complexity index is 647. The van der Waals surface area contributed by atoms with Gasteiger partial charge in [0.15, 0.2) is 0 Å². The van der Waals surface area contributed by atoms with Crippen LogP contribution in [-0.4, -0.2) is 16.4 Å². The predicted octanol–water partition coefficient (Wildman–Crippen LogP) is 2.48. The van der Waals surface area contributed by atoms with Crippen molar-refractivity contribution < 1.29 is 9.18 Å². The lowest BCUT2D eigenvalue weighted by atomic mass is 10.1. The fourth-order valence-corrected chi connectivity index (χ4v) is 1.85. The molecule has 0 radical (unpaired) electrons. The summed E-state index contributed by atoms with van der Waals surface area (Å²) < 4.78 is 13.9. The number of halogens is 1. The molecule has 0 fully saturated rings. The molecule has 0 unspecified atom stereocenters. The normalized spacial score (nSPS) is 11.6. The molecule has 4 nitrogen and oxygen atoms in total. The number of carbonyl (C=O) groups is 1. The second-order valence-electron chi connectivity index (χ2n) is 5.42. The van der Waals surface area contributed by atoms with E-state index in [4.69, 9.17) is 5.73 Å². The molecule has 0 bridgehead atoms. The van der Waals surface area contributed by atoms with E-state index in [1.165, 1.54) is 18.3 Å². The summed E-state index contributed by atoms with van der Waals surface area (Å²) in [5, 5.41) is 3.42. The van der Waals surface area contributed by atoms with Gasteiger partial charge >= 0.3 is 0 Å². The van der Waals surface area contributed by atoms with Gasteiger partial charge in [-0.1, -0.05) is 0 Å². The number of nitrogens with two attached hydrogens (primary N) is 1. The minimum Gasteiger partial charge on any atom is -0.398 e. The maximum absolute atomic E-state index is 13.9. The molecule has 0 saturated carbocycles. The molecule has 19 heavy (non-hydrogen) atoms. The van der Waals surface area contributed by atoms with Crippen molar-refractivity contribution in [2.75, 3.05) is 5.73 Å². The van der Waals surface area contributed by atoms with Gasteiger partial charge in [0.25, 0.3) is 5.91 Å². The van der Waals surface area contributed by atoms with Gasteiger partial charge in [-0.25, -0.2) is 4.39 Å². The summed E-state index contributed by atoms with van der Waals surface area (Å²) in [6.07, 6.45) is 1.45. The highest BCUT2D eigenvalue weighted by Crippen LogP contribution is 2.25. The minimum atomic E-state index is -0.503. The number of pyridine rings is 1. The summed E-state index contributed by atoms with van der Waals surface area (Å²) in [4.78, 5) is 16.1. The SMILES string of the molecule is CC(C)(C)NC(=O)c1nccc2c(N)ccc(F)c12. The first-order valence-corrected chi connectivity index (χ1v) is 5.95. The van der Waals surface area contributed by atoms with E-state index in [1.54, 1.807) is 6.07 Å². The van der Waals surface area contributed by atoms with Gasteiger partial charge < -0.3 is 11.1 Å². The van der Waals surface area contributed by atoms with Crippen LogP contribution < -0.4 is 11.1 Å². The first-order chi connectivity index (χ1) is 8.79. The van der Waals surface area contributed by atoms with Crippen LogP contribution >= 0.6 is 0 Å². The van der Waals surface area contributed by atoms with Crippen LogP contribution in [0.1, 0.15) is 31.3 Å². The van der Waals surface area contributed by atoms with Crippen molar-refractivity contribution >= 4 is 22.4 Å². The Balaban J connectivity index is 2.62. The quantitative estimate of drug-likeness (QED) is 0.775. The molecule has 3 N–H and O–H groups in total. The van der Waals surface area contributed by atoms with Crippen molar-refractivity contribution in [1.82, 2.24) is 10.3 Å². The zero-order chi connectivity index (χ0) is 14.2. The van der Waals surface area contributed by atoms with Crippen molar-refractivity contribution in [2.24, 2.45) is 0 Å². The third-order valence-corrected chi connectivity index (χ3v) is 2.61. The van der Waals surface area contributed by atoms with Crippen LogP contribution in [0.25, 0.3) is 10.8 Å². The van der Waals surface area contributed by atoms with Crippen LogP contribution in [0.5, 0.6) is 0 Å². The maximum atomic E-state index is 13.9. The molecule has 1 aromatic carbocycles. The Hall–Kier alpha value is -2.17. The number of carbonyl (C=O) groups excluding carboxylic acids is 1. The number of aromatic nitrogens is 1. The van der Waals surface area contributed by atoms with Gasteiger partial charge in [-0.2, -0.15) is 0 Å². The minimum absolute atomic E-state index is 0.0530. The molecule has 1 aromatic heterocycles. The highest BCUT2D eigenvalue weighted by Gasteiger charge is 2.20. The number of hydrogen-bond acceptors (Lipinski definition) is 3. The lowest BCUT2D eigenvalue weighted by molar-refractivity contribution is 0.0916. The predicted molar refractivity (Wildman–Crippen MR) is 73.3 cm³/mol. The monoisotopic (exact) mass is 261 g/mol. The Kier molecular flexibility index (Phi) is 3.14. The second kappa shape index (κ2) is 4.50. The number of amides is 1. The topological polar surface area (TPSA) is 68.0 Å². The number of benzene rings is 1. The van der Waals surface area contributed by atoms with Gasteiger partial charge in [-0.3, -0.25) is 9.78 Å². The molecule has 100 valence electrons. The Labute approximate surface area is 110 Å². The molecule has 5 heteroatoms. The molecule has 2 aromatic rings. The summed E-state index contributed by atoms with van der Waals surface area (Å²) in [5.41, 5.74) is 5.85. The molecule has 0 saturated heterocycles. The van der Waals surface area contributed by atoms with E-state index in [0.717, 1.165) is 0 Å². The molecule has 2 rings (SSSR count). The number of nitrogen functional groups attached to an aromatic ring is 1. The smallest absolute Gasteiger partial charge is 0.271 e. The summed E-state index contributed by atoms with van der Waals surface area (Å²) in [5.74, 6) is -0.918. The van der Waals surface area contributed by atoms with Crippen molar-refractivity contribution in [1.29, 1.82) is 0 Å². The fourth-order valence-electron chi connectivity index (χ4n) is 1.85. The number of hydrogen-bond donors (Lipinski definition) is 2. The zero-order valence-electron chi connectivity index (χ0n) is 11.1. The van der Waals surface area contributed by atoms with E-state index in [1.807, 2.05) is 20.8 Å². The van der Waals surface area contributed by atoms with E-state index < -0.39 is 17.3 Å². The summed E-state index contributed by atoms with van der Waals surface area (Å²) in [6, 6.07) is 4.32. The Morgan fingerprint density at radius 1 is 1.32 bits per heavy atom. The number of nitrogens with one attached hydrogen (secondary N) is 1. The standard InChI is InChI=1S/C14H16FN3O/c1-14(2,3)18-13(19)12-11-8(6-7-17-12)10(16)5-4-9(11)15/h4-7H,16H2,1-3H3,(H,18,19). The largest absolute Gasteiger partial charge is 0.398 e.